The first-order chi connectivity index (χ1) is 11.7. The Bertz CT molecular complexity index is 460. The van der Waals surface area contributed by atoms with Gasteiger partial charge in [-0.3, -0.25) is 9.80 Å². The Kier molecular flexibility index (Phi) is 4.14. The number of hydrogen-bond acceptors (Lipinski definition) is 4. The molecule has 4 heterocycles. The van der Waals surface area contributed by atoms with Crippen LogP contribution in [0.25, 0.3) is 0 Å². The van der Waals surface area contributed by atoms with Crippen molar-refractivity contribution in [2.24, 2.45) is 0 Å². The maximum absolute atomic E-state index is 13.1. The number of piperidine rings is 1. The van der Waals surface area contributed by atoms with E-state index in [0.29, 0.717) is 6.54 Å². The van der Waals surface area contributed by atoms with Gasteiger partial charge in [-0.05, 0) is 38.5 Å². The zero-order chi connectivity index (χ0) is 16.6. The normalized spacial score (nSPS) is 36.0. The second kappa shape index (κ2) is 6.57. The minimum Gasteiger partial charge on any atom is -0.337 e. The average molecular weight is 322 g/mol. The highest BCUT2D eigenvalue weighted by molar-refractivity contribution is 5.75. The van der Waals surface area contributed by atoms with Gasteiger partial charge in [-0.2, -0.15) is 0 Å². The Labute approximate surface area is 141 Å². The van der Waals surface area contributed by atoms with Gasteiger partial charge < -0.3 is 5.31 Å². The Morgan fingerprint density at radius 2 is 1.35 bits per heavy atom. The molecular weight excluding hydrogens is 290 g/mol. The summed E-state index contributed by atoms with van der Waals surface area (Å²) in [6.45, 7) is 6.73. The van der Waals surface area contributed by atoms with Crippen LogP contribution in [0.5, 0.6) is 0 Å². The molecule has 1 N–H and O–H groups in total. The third-order valence-corrected chi connectivity index (χ3v) is 6.05. The van der Waals surface area contributed by atoms with E-state index in [1.54, 1.807) is 0 Å². The van der Waals surface area contributed by atoms with Gasteiger partial charge in [0.05, 0.1) is 0 Å². The molecule has 0 radical (unpaired) electrons. The van der Waals surface area contributed by atoms with Gasteiger partial charge >= 0.3 is 6.03 Å². The lowest BCUT2D eigenvalue weighted by atomic mass is 10.0. The first-order valence-corrected chi connectivity index (χ1v) is 9.59. The minimum absolute atomic E-state index is 0.124. The maximum Gasteiger partial charge on any atom is 0.334 e. The molecular formula is C17H31N5O. The van der Waals surface area contributed by atoms with Gasteiger partial charge in [-0.15, -0.1) is 0 Å². The Morgan fingerprint density at radius 3 is 1.96 bits per heavy atom. The van der Waals surface area contributed by atoms with Crippen LogP contribution in [0.2, 0.25) is 1.41 Å². The fourth-order valence-electron chi connectivity index (χ4n) is 4.99. The summed E-state index contributed by atoms with van der Waals surface area (Å²) in [4.78, 5) is 18.2. The fourth-order valence-corrected chi connectivity index (χ4v) is 4.99. The van der Waals surface area contributed by atoms with Gasteiger partial charge in [0.15, 0.2) is 7.20 Å². The number of amides is 2. The molecule has 6 heteroatoms. The molecule has 0 aromatic heterocycles. The summed E-state index contributed by atoms with van der Waals surface area (Å²) in [7, 11) is 0. The van der Waals surface area contributed by atoms with E-state index >= 15 is 0 Å². The molecule has 130 valence electrons. The first-order valence-electron chi connectivity index (χ1n) is 10.0. The lowest BCUT2D eigenvalue weighted by Crippen LogP contribution is -2.78. The van der Waals surface area contributed by atoms with Crippen molar-refractivity contribution in [3.05, 3.63) is 0 Å². The van der Waals surface area contributed by atoms with Crippen LogP contribution in [0.4, 0.5) is 4.79 Å². The lowest BCUT2D eigenvalue weighted by molar-refractivity contribution is -0.225. The number of rotatable bonds is 3. The fraction of sp³-hybridized carbons (Fsp3) is 0.941. The van der Waals surface area contributed by atoms with Crippen LogP contribution in [-0.2, 0) is 0 Å². The molecule has 0 aromatic carbocycles. The van der Waals surface area contributed by atoms with Crippen LogP contribution >= 0.6 is 0 Å². The van der Waals surface area contributed by atoms with E-state index in [1.165, 1.54) is 37.4 Å². The number of nitrogens with one attached hydrogen (secondary N) is 1. The van der Waals surface area contributed by atoms with Crippen molar-refractivity contribution in [2.75, 3.05) is 45.8 Å². The second-order valence-electron chi connectivity index (χ2n) is 7.40. The molecule has 0 aliphatic carbocycles. The van der Waals surface area contributed by atoms with Crippen molar-refractivity contribution in [1.29, 1.82) is 0 Å². The molecule has 23 heavy (non-hydrogen) atoms. The molecule has 0 bridgehead atoms. The number of urea groups is 1. The zero-order valence-corrected chi connectivity index (χ0v) is 14.3. The summed E-state index contributed by atoms with van der Waals surface area (Å²) in [5, 5.41) is 5.43. The van der Waals surface area contributed by atoms with Crippen LogP contribution in [0.1, 0.15) is 51.4 Å². The van der Waals surface area contributed by atoms with Crippen LogP contribution < -0.4 is 5.31 Å². The minimum atomic E-state index is -0.324. The van der Waals surface area contributed by atoms with E-state index in [9.17, 15) is 4.79 Å². The van der Waals surface area contributed by atoms with Gasteiger partial charge in [0.25, 0.3) is 0 Å². The summed E-state index contributed by atoms with van der Waals surface area (Å²) in [6.07, 6.45) is 9.36. The summed E-state index contributed by atoms with van der Waals surface area (Å²) in [5.41, 5.74) is 0. The molecule has 4 saturated heterocycles. The van der Waals surface area contributed by atoms with Crippen LogP contribution in [0.15, 0.2) is 0 Å². The summed E-state index contributed by atoms with van der Waals surface area (Å²) >= 11 is 0. The highest BCUT2D eigenvalue weighted by atomic mass is 16.2. The van der Waals surface area contributed by atoms with Crippen molar-refractivity contribution >= 4 is 6.03 Å². The van der Waals surface area contributed by atoms with Crippen molar-refractivity contribution in [3.63, 3.8) is 0 Å². The van der Waals surface area contributed by atoms with Gasteiger partial charge in [0.2, 0.25) is 0 Å². The van der Waals surface area contributed by atoms with E-state index < -0.39 is 0 Å². The van der Waals surface area contributed by atoms with Gasteiger partial charge in [0, 0.05) is 52.2 Å². The number of likely N-dealkylation sites (tertiary alicyclic amines) is 2. The molecule has 4 fully saturated rings. The third-order valence-electron chi connectivity index (χ3n) is 6.05. The van der Waals surface area contributed by atoms with Gasteiger partial charge in [0.1, 0.15) is 0 Å². The predicted octanol–water partition coefficient (Wildman–Crippen LogP) is 1.65. The molecule has 6 nitrogen and oxygen atoms in total. The van der Waals surface area contributed by atoms with E-state index in [4.69, 9.17) is 1.41 Å². The number of nitrogens with zero attached hydrogens (tertiary/aromatic N) is 4. The van der Waals surface area contributed by atoms with E-state index in [-0.39, 0.29) is 11.8 Å². The van der Waals surface area contributed by atoms with Crippen LogP contribution in [-0.4, -0.2) is 77.4 Å². The molecule has 0 aromatic rings. The Hall–Kier alpha value is -0.850. The summed E-state index contributed by atoms with van der Waals surface area (Å²) in [5.74, 6) is -0.324. The molecule has 1 atom stereocenters. The topological polar surface area (TPSA) is 42.1 Å². The summed E-state index contributed by atoms with van der Waals surface area (Å²) in [6, 6.07) is -0.124. The van der Waals surface area contributed by atoms with Crippen molar-refractivity contribution in [3.8, 4) is 0 Å². The second-order valence-corrected chi connectivity index (χ2v) is 7.40. The van der Waals surface area contributed by atoms with Crippen molar-refractivity contribution < 1.29 is 6.21 Å². The number of carbonyl (C=O) groups is 1. The standard InChI is InChI=1S/C17H31N5O/c23-16-18-9-8-17(20-12-4-5-13-20,19-10-2-1-3-11-19)22(16)21-14-6-7-15-21/h1-15H2,(H,18,23)/i/hD. The number of carbonyl (C=O) groups excluding carboxylic acids is 1. The van der Waals surface area contributed by atoms with E-state index in [0.717, 1.165) is 58.5 Å². The maximum atomic E-state index is 13.1. The van der Waals surface area contributed by atoms with Crippen LogP contribution in [0, 0.1) is 0 Å². The summed E-state index contributed by atoms with van der Waals surface area (Å²) < 4.78 is 8.11. The van der Waals surface area contributed by atoms with Crippen molar-refractivity contribution in [2.45, 2.75) is 57.2 Å². The van der Waals surface area contributed by atoms with Gasteiger partial charge in [-0.25, -0.2) is 14.8 Å². The monoisotopic (exact) mass is 322 g/mol. The van der Waals surface area contributed by atoms with Crippen LogP contribution in [0.3, 0.4) is 0 Å². The molecule has 0 spiro atoms. The molecule has 4 rings (SSSR count). The molecule has 1 unspecified atom stereocenters. The predicted molar refractivity (Wildman–Crippen MR) is 89.6 cm³/mol. The molecule has 2 amide bonds. The Balaban J connectivity index is 1.73. The highest BCUT2D eigenvalue weighted by Crippen LogP contribution is 2.38. The third kappa shape index (κ3) is 2.65. The lowest BCUT2D eigenvalue weighted by Gasteiger charge is -2.59. The molecule has 4 aliphatic rings. The van der Waals surface area contributed by atoms with E-state index in [1.807, 2.05) is 5.01 Å². The largest absolute Gasteiger partial charge is 0.337 e. The van der Waals surface area contributed by atoms with Crippen molar-refractivity contribution in [1.82, 2.24) is 25.1 Å². The molecule has 4 aliphatic heterocycles. The zero-order valence-electron chi connectivity index (χ0n) is 15.3. The highest BCUT2D eigenvalue weighted by Gasteiger charge is 2.54. The molecule has 0 saturated carbocycles. The Morgan fingerprint density at radius 1 is 0.826 bits per heavy atom. The number of hydrogen-bond donors (Lipinski definition) is 1. The average Bonchev–Trinajstić information content (AvgIpc) is 3.31. The smallest absolute Gasteiger partial charge is 0.334 e. The first kappa shape index (κ1) is 14.5. The van der Waals surface area contributed by atoms with E-state index in [2.05, 4.69) is 14.8 Å². The number of hydrazine groups is 1. The SMILES string of the molecule is [2H]N1CCC(N2CCCCC2)(N2CCCC2)N(N2CCCC2)C1=O. The quantitative estimate of drug-likeness (QED) is 0.858. The van der Waals surface area contributed by atoms with Gasteiger partial charge in [-0.1, -0.05) is 6.42 Å².